The molecule has 0 amide bonds. The molecular weight excluding hydrogens is 208 g/mol. The first-order valence-corrected chi connectivity index (χ1v) is 4.70. The van der Waals surface area contributed by atoms with Gasteiger partial charge < -0.3 is 14.6 Å². The Hall–Kier alpha value is -0.320. The second-order valence-electron chi connectivity index (χ2n) is 3.35. The summed E-state index contributed by atoms with van der Waals surface area (Å²) in [6, 6.07) is 0. The van der Waals surface area contributed by atoms with Gasteiger partial charge in [0.2, 0.25) is 0 Å². The maximum atomic E-state index is 10.4. The fourth-order valence-corrected chi connectivity index (χ4v) is 1.35. The lowest BCUT2D eigenvalue weighted by Crippen LogP contribution is -2.37. The van der Waals surface area contributed by atoms with Gasteiger partial charge in [-0.2, -0.15) is 0 Å². The summed E-state index contributed by atoms with van der Waals surface area (Å²) in [6.45, 7) is 3.15. The molecule has 0 radical (unpaired) electrons. The third-order valence-corrected chi connectivity index (χ3v) is 2.13. The molecule has 1 fully saturated rings. The molecule has 0 atom stereocenters. The third kappa shape index (κ3) is 4.26. The maximum Gasteiger partial charge on any atom is 0.361 e. The average Bonchev–Trinajstić information content (AvgIpc) is 2.15. The first-order valence-electron chi connectivity index (χ1n) is 4.70. The van der Waals surface area contributed by atoms with Crippen molar-refractivity contribution in [1.29, 1.82) is 0 Å². The summed E-state index contributed by atoms with van der Waals surface area (Å²) in [5, 5.41) is 8.55. The number of ether oxygens (including phenoxy) is 2. The molecule has 1 N–H and O–H groups in total. The predicted molar refractivity (Wildman–Crippen MR) is 53.6 cm³/mol. The van der Waals surface area contributed by atoms with Crippen LogP contribution in [0.2, 0.25) is 0 Å². The number of hydrogen-bond acceptors (Lipinski definition) is 3. The highest BCUT2D eigenvalue weighted by Crippen LogP contribution is 2.16. The van der Waals surface area contributed by atoms with Crippen molar-refractivity contribution in [2.24, 2.45) is 5.92 Å². The molecule has 4 nitrogen and oxygen atoms in total. The minimum absolute atomic E-state index is 0. The van der Waals surface area contributed by atoms with E-state index < -0.39 is 12.3 Å². The van der Waals surface area contributed by atoms with Gasteiger partial charge in [0.05, 0.1) is 13.2 Å². The van der Waals surface area contributed by atoms with Crippen molar-refractivity contribution in [2.45, 2.75) is 32.5 Å². The summed E-state index contributed by atoms with van der Waals surface area (Å²) in [6.07, 6.45) is 2.31. The average molecular weight is 225 g/mol. The number of rotatable bonds is 4. The molecule has 1 aliphatic rings. The summed E-state index contributed by atoms with van der Waals surface area (Å²) >= 11 is 0. The van der Waals surface area contributed by atoms with Crippen molar-refractivity contribution in [3.63, 3.8) is 0 Å². The molecule has 0 spiro atoms. The molecule has 1 aliphatic heterocycles. The van der Waals surface area contributed by atoms with Gasteiger partial charge in [0.15, 0.2) is 0 Å². The molecule has 14 heavy (non-hydrogen) atoms. The number of aliphatic carboxylic acids is 1. The van der Waals surface area contributed by atoms with Crippen molar-refractivity contribution < 1.29 is 19.4 Å². The van der Waals surface area contributed by atoms with E-state index in [0.29, 0.717) is 19.1 Å². The SMILES string of the molecule is CCCCC1COC(C(=O)O)OC1.Cl. The van der Waals surface area contributed by atoms with Crippen LogP contribution in [-0.4, -0.2) is 30.6 Å². The number of halogens is 1. The molecular formula is C9H17ClO4. The fourth-order valence-electron chi connectivity index (χ4n) is 1.35. The lowest BCUT2D eigenvalue weighted by atomic mass is 10.0. The van der Waals surface area contributed by atoms with Gasteiger partial charge in [-0.3, -0.25) is 0 Å². The molecule has 0 unspecified atom stereocenters. The van der Waals surface area contributed by atoms with Crippen molar-refractivity contribution in [3.05, 3.63) is 0 Å². The van der Waals surface area contributed by atoms with E-state index in [9.17, 15) is 4.79 Å². The highest BCUT2D eigenvalue weighted by molar-refractivity contribution is 5.85. The van der Waals surface area contributed by atoms with Gasteiger partial charge in [0.25, 0.3) is 6.29 Å². The highest BCUT2D eigenvalue weighted by atomic mass is 35.5. The van der Waals surface area contributed by atoms with Crippen LogP contribution in [-0.2, 0) is 14.3 Å². The second-order valence-corrected chi connectivity index (χ2v) is 3.35. The Bertz CT molecular complexity index is 166. The normalized spacial score (nSPS) is 26.6. The van der Waals surface area contributed by atoms with Gasteiger partial charge in [-0.15, -0.1) is 12.4 Å². The molecule has 84 valence electrons. The minimum Gasteiger partial charge on any atom is -0.477 e. The van der Waals surface area contributed by atoms with Crippen LogP contribution in [0.3, 0.4) is 0 Å². The van der Waals surface area contributed by atoms with E-state index >= 15 is 0 Å². The number of carboxylic acids is 1. The Labute approximate surface area is 90.0 Å². The molecule has 5 heteroatoms. The number of carboxylic acid groups (broad SMARTS) is 1. The quantitative estimate of drug-likeness (QED) is 0.789. The molecule has 1 saturated heterocycles. The Balaban J connectivity index is 0.00000169. The first kappa shape index (κ1) is 13.7. The standard InChI is InChI=1S/C9H16O4.ClH/c1-2-3-4-7-5-12-9(8(10)11)13-6-7;/h7,9H,2-6H2,1H3,(H,10,11);1H. The van der Waals surface area contributed by atoms with E-state index in [0.717, 1.165) is 19.3 Å². The Morgan fingerprint density at radius 1 is 1.43 bits per heavy atom. The van der Waals surface area contributed by atoms with Gasteiger partial charge in [-0.25, -0.2) is 4.79 Å². The van der Waals surface area contributed by atoms with Crippen LogP contribution < -0.4 is 0 Å². The van der Waals surface area contributed by atoms with Crippen LogP contribution in [0, 0.1) is 5.92 Å². The monoisotopic (exact) mass is 224 g/mol. The van der Waals surface area contributed by atoms with E-state index in [1.807, 2.05) is 0 Å². The fraction of sp³-hybridized carbons (Fsp3) is 0.889. The van der Waals surface area contributed by atoms with Crippen molar-refractivity contribution in [2.75, 3.05) is 13.2 Å². The van der Waals surface area contributed by atoms with Gasteiger partial charge >= 0.3 is 5.97 Å². The zero-order valence-corrected chi connectivity index (χ0v) is 9.09. The highest BCUT2D eigenvalue weighted by Gasteiger charge is 2.26. The summed E-state index contributed by atoms with van der Waals surface area (Å²) in [7, 11) is 0. The van der Waals surface area contributed by atoms with E-state index in [2.05, 4.69) is 6.92 Å². The van der Waals surface area contributed by atoms with Crippen LogP contribution in [0.15, 0.2) is 0 Å². The number of carbonyl (C=O) groups is 1. The smallest absolute Gasteiger partial charge is 0.361 e. The molecule has 0 aromatic carbocycles. The topological polar surface area (TPSA) is 55.8 Å². The van der Waals surface area contributed by atoms with E-state index in [4.69, 9.17) is 14.6 Å². The molecule has 0 aromatic rings. The molecule has 1 rings (SSSR count). The van der Waals surface area contributed by atoms with Gasteiger partial charge in [0, 0.05) is 5.92 Å². The lowest BCUT2D eigenvalue weighted by Gasteiger charge is -2.26. The molecule has 1 heterocycles. The second kappa shape index (κ2) is 7.04. The summed E-state index contributed by atoms with van der Waals surface area (Å²) < 4.78 is 10.1. The summed E-state index contributed by atoms with van der Waals surface area (Å²) in [5.41, 5.74) is 0. The van der Waals surface area contributed by atoms with Crippen LogP contribution in [0.4, 0.5) is 0 Å². The molecule has 0 aliphatic carbocycles. The summed E-state index contributed by atoms with van der Waals surface area (Å²) in [5.74, 6) is -0.663. The molecule has 0 aromatic heterocycles. The number of unbranched alkanes of at least 4 members (excludes halogenated alkanes) is 1. The van der Waals surface area contributed by atoms with Crippen molar-refractivity contribution >= 4 is 18.4 Å². The zero-order valence-electron chi connectivity index (χ0n) is 8.27. The van der Waals surface area contributed by atoms with E-state index in [1.165, 1.54) is 0 Å². The zero-order chi connectivity index (χ0) is 9.68. The third-order valence-electron chi connectivity index (χ3n) is 2.13. The van der Waals surface area contributed by atoms with Crippen LogP contribution in [0.25, 0.3) is 0 Å². The summed E-state index contributed by atoms with van der Waals surface area (Å²) in [4.78, 5) is 10.4. The van der Waals surface area contributed by atoms with Gasteiger partial charge in [-0.1, -0.05) is 19.8 Å². The van der Waals surface area contributed by atoms with Gasteiger partial charge in [0.1, 0.15) is 0 Å². The van der Waals surface area contributed by atoms with Crippen molar-refractivity contribution in [1.82, 2.24) is 0 Å². The van der Waals surface area contributed by atoms with Crippen molar-refractivity contribution in [3.8, 4) is 0 Å². The maximum absolute atomic E-state index is 10.4. The Kier molecular flexibility index (Phi) is 6.87. The lowest BCUT2D eigenvalue weighted by molar-refractivity contribution is -0.217. The largest absolute Gasteiger partial charge is 0.477 e. The number of hydrogen-bond donors (Lipinski definition) is 1. The first-order chi connectivity index (χ1) is 6.24. The van der Waals surface area contributed by atoms with E-state index in [-0.39, 0.29) is 12.4 Å². The van der Waals surface area contributed by atoms with Gasteiger partial charge in [-0.05, 0) is 6.42 Å². The van der Waals surface area contributed by atoms with Crippen LogP contribution in [0.1, 0.15) is 26.2 Å². The Morgan fingerprint density at radius 2 is 2.00 bits per heavy atom. The van der Waals surface area contributed by atoms with Crippen LogP contribution >= 0.6 is 12.4 Å². The van der Waals surface area contributed by atoms with E-state index in [1.54, 1.807) is 0 Å². The minimum atomic E-state index is -1.04. The molecule has 0 bridgehead atoms. The van der Waals surface area contributed by atoms with Crippen LogP contribution in [0.5, 0.6) is 0 Å². The Morgan fingerprint density at radius 3 is 2.43 bits per heavy atom. The predicted octanol–water partition coefficient (Wildman–Crippen LogP) is 1.67. The molecule has 0 saturated carbocycles.